The molecule has 2 nitrogen and oxygen atoms in total. The molecule has 0 saturated heterocycles. The molecule has 1 aromatic rings. The molecule has 2 aliphatic rings. The summed E-state index contributed by atoms with van der Waals surface area (Å²) >= 11 is 0. The Morgan fingerprint density at radius 3 is 2.58 bits per heavy atom. The lowest BCUT2D eigenvalue weighted by Crippen LogP contribution is -2.48. The molecule has 1 aliphatic heterocycles. The standard InChI is InChI=1S/C16H22FNO/c1-10-5-11(2)8-16(7-10)9-14(18)13-6-12(17)3-4-15(13)19-16/h3-4,6,10-11,14H,5,7-9,18H2,1-2H3/t10?,11?,14-,16?/m1/s1. The zero-order chi connectivity index (χ0) is 13.6. The van der Waals surface area contributed by atoms with E-state index in [0.717, 1.165) is 30.6 Å². The molecule has 0 amide bonds. The molecule has 1 spiro atoms. The van der Waals surface area contributed by atoms with Gasteiger partial charge in [0, 0.05) is 18.0 Å². The summed E-state index contributed by atoms with van der Waals surface area (Å²) in [6.45, 7) is 4.57. The quantitative estimate of drug-likeness (QED) is 0.772. The van der Waals surface area contributed by atoms with Gasteiger partial charge in [-0.05, 0) is 49.3 Å². The number of fused-ring (bicyclic) bond motifs is 1. The van der Waals surface area contributed by atoms with Gasteiger partial charge < -0.3 is 10.5 Å². The van der Waals surface area contributed by atoms with Crippen LogP contribution in [0.2, 0.25) is 0 Å². The van der Waals surface area contributed by atoms with Crippen LogP contribution in [0.25, 0.3) is 0 Å². The van der Waals surface area contributed by atoms with Crippen LogP contribution in [0.3, 0.4) is 0 Å². The van der Waals surface area contributed by atoms with Gasteiger partial charge in [0.1, 0.15) is 17.2 Å². The first kappa shape index (κ1) is 12.9. The van der Waals surface area contributed by atoms with E-state index in [-0.39, 0.29) is 17.5 Å². The monoisotopic (exact) mass is 263 g/mol. The van der Waals surface area contributed by atoms with E-state index >= 15 is 0 Å². The van der Waals surface area contributed by atoms with Crippen LogP contribution in [-0.2, 0) is 0 Å². The highest BCUT2D eigenvalue weighted by Crippen LogP contribution is 2.48. The van der Waals surface area contributed by atoms with Crippen molar-refractivity contribution in [1.82, 2.24) is 0 Å². The Morgan fingerprint density at radius 2 is 1.89 bits per heavy atom. The lowest BCUT2D eigenvalue weighted by Gasteiger charge is -2.47. The van der Waals surface area contributed by atoms with Gasteiger partial charge in [0.05, 0.1) is 0 Å². The van der Waals surface area contributed by atoms with E-state index in [1.807, 2.05) is 0 Å². The van der Waals surface area contributed by atoms with Crippen LogP contribution in [0.15, 0.2) is 18.2 Å². The van der Waals surface area contributed by atoms with Crippen LogP contribution in [0.1, 0.15) is 51.1 Å². The van der Waals surface area contributed by atoms with Crippen molar-refractivity contribution >= 4 is 0 Å². The first-order chi connectivity index (χ1) is 8.97. The molecule has 0 aromatic heterocycles. The highest BCUT2D eigenvalue weighted by Gasteiger charge is 2.44. The van der Waals surface area contributed by atoms with Gasteiger partial charge in [-0.15, -0.1) is 0 Å². The Hall–Kier alpha value is -1.09. The molecule has 1 fully saturated rings. The second-order valence-electron chi connectivity index (χ2n) is 6.63. The smallest absolute Gasteiger partial charge is 0.125 e. The molecule has 3 heteroatoms. The topological polar surface area (TPSA) is 35.2 Å². The Kier molecular flexibility index (Phi) is 3.05. The molecule has 3 rings (SSSR count). The molecule has 1 aromatic carbocycles. The van der Waals surface area contributed by atoms with E-state index in [1.165, 1.54) is 18.6 Å². The van der Waals surface area contributed by atoms with Crippen molar-refractivity contribution in [2.45, 2.75) is 51.2 Å². The average Bonchev–Trinajstić information content (AvgIpc) is 2.28. The van der Waals surface area contributed by atoms with Gasteiger partial charge >= 0.3 is 0 Å². The van der Waals surface area contributed by atoms with Crippen molar-refractivity contribution in [2.24, 2.45) is 17.6 Å². The third-order valence-corrected chi connectivity index (χ3v) is 4.54. The SMILES string of the molecule is CC1CC(C)CC2(C1)C[C@@H](N)c1cc(F)ccc1O2. The Morgan fingerprint density at radius 1 is 1.21 bits per heavy atom. The Bertz CT molecular complexity index is 478. The van der Waals surface area contributed by atoms with E-state index in [1.54, 1.807) is 6.07 Å². The zero-order valence-electron chi connectivity index (χ0n) is 11.7. The maximum Gasteiger partial charge on any atom is 0.125 e. The summed E-state index contributed by atoms with van der Waals surface area (Å²) in [5, 5.41) is 0. The minimum absolute atomic E-state index is 0.114. The maximum atomic E-state index is 13.3. The highest BCUT2D eigenvalue weighted by molar-refractivity contribution is 5.39. The fourth-order valence-corrected chi connectivity index (χ4v) is 4.14. The van der Waals surface area contributed by atoms with Crippen molar-refractivity contribution in [2.75, 3.05) is 0 Å². The van der Waals surface area contributed by atoms with Crippen molar-refractivity contribution in [3.05, 3.63) is 29.6 Å². The van der Waals surface area contributed by atoms with Gasteiger partial charge in [-0.2, -0.15) is 0 Å². The first-order valence-corrected chi connectivity index (χ1v) is 7.21. The number of hydrogen-bond donors (Lipinski definition) is 1. The molecule has 1 heterocycles. The van der Waals surface area contributed by atoms with Gasteiger partial charge in [-0.1, -0.05) is 13.8 Å². The molecule has 1 aliphatic carbocycles. The summed E-state index contributed by atoms with van der Waals surface area (Å²) < 4.78 is 19.6. The van der Waals surface area contributed by atoms with E-state index in [9.17, 15) is 4.39 Å². The normalized spacial score (nSPS) is 37.8. The predicted octanol–water partition coefficient (Wildman–Crippen LogP) is 3.80. The average molecular weight is 263 g/mol. The van der Waals surface area contributed by atoms with Crippen molar-refractivity contribution in [3.8, 4) is 5.75 Å². The fraction of sp³-hybridized carbons (Fsp3) is 0.625. The largest absolute Gasteiger partial charge is 0.487 e. The number of halogens is 1. The minimum atomic E-state index is -0.237. The molecular formula is C16H22FNO. The maximum absolute atomic E-state index is 13.3. The van der Waals surface area contributed by atoms with Gasteiger partial charge in [-0.25, -0.2) is 4.39 Å². The number of hydrogen-bond acceptors (Lipinski definition) is 2. The van der Waals surface area contributed by atoms with Gasteiger partial charge in [-0.3, -0.25) is 0 Å². The zero-order valence-corrected chi connectivity index (χ0v) is 11.7. The van der Waals surface area contributed by atoms with Crippen LogP contribution >= 0.6 is 0 Å². The van der Waals surface area contributed by atoms with E-state index in [4.69, 9.17) is 10.5 Å². The van der Waals surface area contributed by atoms with Crippen LogP contribution < -0.4 is 10.5 Å². The molecule has 1 saturated carbocycles. The number of nitrogens with two attached hydrogens (primary N) is 1. The molecule has 2 N–H and O–H groups in total. The van der Waals surface area contributed by atoms with Crippen molar-refractivity contribution in [3.63, 3.8) is 0 Å². The second kappa shape index (κ2) is 4.48. The van der Waals surface area contributed by atoms with Crippen LogP contribution in [0.4, 0.5) is 4.39 Å². The molecule has 0 bridgehead atoms. The lowest BCUT2D eigenvalue weighted by atomic mass is 9.69. The number of ether oxygens (including phenoxy) is 1. The third kappa shape index (κ3) is 2.36. The molecule has 2 unspecified atom stereocenters. The molecule has 0 radical (unpaired) electrons. The first-order valence-electron chi connectivity index (χ1n) is 7.21. The summed E-state index contributed by atoms with van der Waals surface area (Å²) in [5.74, 6) is 1.87. The number of benzene rings is 1. The van der Waals surface area contributed by atoms with Gasteiger partial charge in [0.15, 0.2) is 0 Å². The molecular weight excluding hydrogens is 241 g/mol. The van der Waals surface area contributed by atoms with Gasteiger partial charge in [0.25, 0.3) is 0 Å². The van der Waals surface area contributed by atoms with E-state index < -0.39 is 0 Å². The minimum Gasteiger partial charge on any atom is -0.487 e. The van der Waals surface area contributed by atoms with Gasteiger partial charge in [0.2, 0.25) is 0 Å². The molecule has 3 atom stereocenters. The molecule has 19 heavy (non-hydrogen) atoms. The second-order valence-corrected chi connectivity index (χ2v) is 6.63. The number of rotatable bonds is 0. The fourth-order valence-electron chi connectivity index (χ4n) is 4.14. The van der Waals surface area contributed by atoms with Crippen LogP contribution in [-0.4, -0.2) is 5.60 Å². The Balaban J connectivity index is 1.94. The third-order valence-electron chi connectivity index (χ3n) is 4.54. The summed E-state index contributed by atoms with van der Waals surface area (Å²) in [4.78, 5) is 0. The summed E-state index contributed by atoms with van der Waals surface area (Å²) in [6, 6.07) is 4.59. The van der Waals surface area contributed by atoms with Crippen molar-refractivity contribution < 1.29 is 9.13 Å². The Labute approximate surface area is 114 Å². The summed E-state index contributed by atoms with van der Waals surface area (Å²) in [5.41, 5.74) is 6.94. The van der Waals surface area contributed by atoms with Crippen molar-refractivity contribution in [1.29, 1.82) is 0 Å². The highest BCUT2D eigenvalue weighted by atomic mass is 19.1. The molecule has 104 valence electrons. The lowest BCUT2D eigenvalue weighted by molar-refractivity contribution is -0.0312. The van der Waals surface area contributed by atoms with Crippen LogP contribution in [0, 0.1) is 17.7 Å². The van der Waals surface area contributed by atoms with E-state index in [0.29, 0.717) is 11.8 Å². The van der Waals surface area contributed by atoms with Crippen LogP contribution in [0.5, 0.6) is 5.75 Å². The summed E-state index contributed by atoms with van der Waals surface area (Å²) in [7, 11) is 0. The summed E-state index contributed by atoms with van der Waals surface area (Å²) in [6.07, 6.45) is 4.18. The van der Waals surface area contributed by atoms with E-state index in [2.05, 4.69) is 13.8 Å². The predicted molar refractivity (Wildman–Crippen MR) is 73.5 cm³/mol.